The van der Waals surface area contributed by atoms with E-state index in [1.54, 1.807) is 12.1 Å². The molecule has 7 heteroatoms. The van der Waals surface area contributed by atoms with Gasteiger partial charge in [-0.1, -0.05) is 71.5 Å². The second kappa shape index (κ2) is 7.15. The average molecular weight is 439 g/mol. The van der Waals surface area contributed by atoms with Gasteiger partial charge in [0, 0.05) is 21.7 Å². The molecule has 4 nitrogen and oxygen atoms in total. The van der Waals surface area contributed by atoms with Crippen molar-refractivity contribution in [1.82, 2.24) is 0 Å². The van der Waals surface area contributed by atoms with Crippen LogP contribution in [0.25, 0.3) is 31.5 Å². The minimum absolute atomic E-state index is 0.326. The first-order valence-corrected chi connectivity index (χ1v) is 10.6. The van der Waals surface area contributed by atoms with Gasteiger partial charge in [0.15, 0.2) is 5.58 Å². The molecule has 0 bridgehead atoms. The molecule has 0 fully saturated rings. The highest BCUT2D eigenvalue weighted by atomic mass is 35.5. The van der Waals surface area contributed by atoms with E-state index in [4.69, 9.17) is 20.8 Å². The van der Waals surface area contributed by atoms with E-state index in [1.807, 2.05) is 54.6 Å². The van der Waals surface area contributed by atoms with Gasteiger partial charge >= 0.3 is 10.9 Å². The van der Waals surface area contributed by atoms with Crippen LogP contribution in [0.4, 0.5) is 0 Å². The molecule has 0 amide bonds. The lowest BCUT2D eigenvalue weighted by Crippen LogP contribution is -2.07. The molecule has 5 aromatic rings. The van der Waals surface area contributed by atoms with E-state index in [9.17, 15) is 9.59 Å². The summed E-state index contributed by atoms with van der Waals surface area (Å²) in [6, 6.07) is 20.4. The van der Waals surface area contributed by atoms with Gasteiger partial charge in [0.25, 0.3) is 0 Å². The van der Waals surface area contributed by atoms with Crippen LogP contribution in [0.3, 0.4) is 0 Å². The summed E-state index contributed by atoms with van der Waals surface area (Å²) in [5, 5.41) is 1.20. The van der Waals surface area contributed by atoms with Crippen molar-refractivity contribution in [2.24, 2.45) is 0 Å². The highest BCUT2D eigenvalue weighted by molar-refractivity contribution is 7.21. The van der Waals surface area contributed by atoms with Crippen LogP contribution in [-0.4, -0.2) is 5.97 Å². The number of rotatable bonds is 3. The van der Waals surface area contributed by atoms with Crippen molar-refractivity contribution in [2.75, 3.05) is 0 Å². The predicted octanol–water partition coefficient (Wildman–Crippen LogP) is 6.61. The molecule has 0 spiro atoms. The van der Waals surface area contributed by atoms with Crippen molar-refractivity contribution in [3.8, 4) is 16.9 Å². The number of thiophene rings is 1. The van der Waals surface area contributed by atoms with Crippen LogP contribution in [0.2, 0.25) is 5.02 Å². The van der Waals surface area contributed by atoms with Crippen LogP contribution in [-0.2, 0) is 0 Å². The third kappa shape index (κ3) is 3.25. The first kappa shape index (κ1) is 18.1. The quantitative estimate of drug-likeness (QED) is 0.235. The minimum Gasteiger partial charge on any atom is -0.422 e. The van der Waals surface area contributed by atoms with Gasteiger partial charge in [0.1, 0.15) is 10.6 Å². The lowest BCUT2D eigenvalue weighted by molar-refractivity contribution is 0.0740. The Hall–Kier alpha value is -2.93. The molecular formula is C22H11ClO4S2. The zero-order valence-electron chi connectivity index (χ0n) is 14.7. The molecule has 0 N–H and O–H groups in total. The molecule has 29 heavy (non-hydrogen) atoms. The second-order valence-corrected chi connectivity index (χ2v) is 8.66. The van der Waals surface area contributed by atoms with Crippen LogP contribution >= 0.6 is 34.3 Å². The molecule has 0 aliphatic carbocycles. The van der Waals surface area contributed by atoms with Crippen molar-refractivity contribution in [3.05, 3.63) is 86.4 Å². The normalized spacial score (nSPS) is 11.2. The number of ether oxygens (including phenoxy) is 1. The van der Waals surface area contributed by atoms with Gasteiger partial charge < -0.3 is 9.15 Å². The molecule has 5 rings (SSSR count). The maximum absolute atomic E-state index is 12.8. The van der Waals surface area contributed by atoms with Crippen LogP contribution in [0, 0.1) is 0 Å². The molecule has 0 atom stereocenters. The first-order chi connectivity index (χ1) is 14.1. The topological polar surface area (TPSA) is 56.5 Å². The van der Waals surface area contributed by atoms with E-state index in [1.165, 1.54) is 11.3 Å². The number of hydrogen-bond acceptors (Lipinski definition) is 6. The Kier molecular flexibility index (Phi) is 4.47. The molecule has 0 unspecified atom stereocenters. The standard InChI is InChI=1S/C22H11ClO4S2/c23-18-14-8-4-5-9-16(14)28-20(18)21(24)26-13-10-15(12-6-2-1-3-7-12)19-17(11-13)29-22(25)27-19/h1-11H. The summed E-state index contributed by atoms with van der Waals surface area (Å²) < 4.78 is 12.5. The van der Waals surface area contributed by atoms with Gasteiger partial charge in [-0.15, -0.1) is 11.3 Å². The number of benzene rings is 3. The van der Waals surface area contributed by atoms with E-state index < -0.39 is 10.9 Å². The van der Waals surface area contributed by atoms with Crippen molar-refractivity contribution in [3.63, 3.8) is 0 Å². The average Bonchev–Trinajstić information content (AvgIpc) is 3.27. The maximum atomic E-state index is 12.8. The third-order valence-electron chi connectivity index (χ3n) is 4.42. The van der Waals surface area contributed by atoms with Crippen molar-refractivity contribution >= 4 is 60.6 Å². The molecule has 142 valence electrons. The molecule has 3 aromatic carbocycles. The van der Waals surface area contributed by atoms with Crippen LogP contribution in [0.1, 0.15) is 9.67 Å². The second-order valence-electron chi connectivity index (χ2n) is 6.25. The number of carbonyl (C=O) groups is 1. The number of hydrogen-bond donors (Lipinski definition) is 0. The zero-order valence-corrected chi connectivity index (χ0v) is 17.1. The van der Waals surface area contributed by atoms with Gasteiger partial charge in [0.05, 0.1) is 9.72 Å². The summed E-state index contributed by atoms with van der Waals surface area (Å²) in [6.07, 6.45) is 0. The van der Waals surface area contributed by atoms with E-state index in [0.717, 1.165) is 27.0 Å². The largest absolute Gasteiger partial charge is 0.422 e. The van der Waals surface area contributed by atoms with E-state index >= 15 is 0 Å². The lowest BCUT2D eigenvalue weighted by Gasteiger charge is -2.07. The van der Waals surface area contributed by atoms with E-state index in [2.05, 4.69) is 0 Å². The first-order valence-electron chi connectivity index (χ1n) is 8.62. The summed E-state index contributed by atoms with van der Waals surface area (Å²) >= 11 is 8.65. The molecule has 0 aliphatic heterocycles. The number of fused-ring (bicyclic) bond motifs is 2. The molecule has 0 saturated carbocycles. The highest BCUT2D eigenvalue weighted by Crippen LogP contribution is 2.38. The van der Waals surface area contributed by atoms with Crippen molar-refractivity contribution in [1.29, 1.82) is 0 Å². The molecule has 0 saturated heterocycles. The molecule has 0 aliphatic rings. The summed E-state index contributed by atoms with van der Waals surface area (Å²) in [6.45, 7) is 0. The number of carbonyl (C=O) groups excluding carboxylic acids is 1. The van der Waals surface area contributed by atoms with Gasteiger partial charge in [0.2, 0.25) is 0 Å². The van der Waals surface area contributed by atoms with E-state index in [0.29, 0.717) is 31.5 Å². The van der Waals surface area contributed by atoms with Crippen molar-refractivity contribution < 1.29 is 13.9 Å². The Bertz CT molecular complexity index is 1430. The zero-order chi connectivity index (χ0) is 20.0. The fourth-order valence-corrected chi connectivity index (χ4v) is 5.25. The predicted molar refractivity (Wildman–Crippen MR) is 118 cm³/mol. The van der Waals surface area contributed by atoms with Crippen LogP contribution in [0.5, 0.6) is 5.75 Å². The maximum Gasteiger partial charge on any atom is 0.396 e. The van der Waals surface area contributed by atoms with Crippen LogP contribution in [0.15, 0.2) is 75.9 Å². The Morgan fingerprint density at radius 2 is 1.69 bits per heavy atom. The smallest absolute Gasteiger partial charge is 0.396 e. The van der Waals surface area contributed by atoms with E-state index in [-0.39, 0.29) is 0 Å². The van der Waals surface area contributed by atoms with Gasteiger partial charge in [-0.3, -0.25) is 0 Å². The lowest BCUT2D eigenvalue weighted by atomic mass is 10.0. The fraction of sp³-hybridized carbons (Fsp3) is 0. The Morgan fingerprint density at radius 1 is 0.931 bits per heavy atom. The minimum atomic E-state index is -0.537. The van der Waals surface area contributed by atoms with Crippen LogP contribution < -0.4 is 9.68 Å². The van der Waals surface area contributed by atoms with Gasteiger partial charge in [-0.2, -0.15) is 0 Å². The summed E-state index contributed by atoms with van der Waals surface area (Å²) in [7, 11) is 0. The molecule has 2 heterocycles. The Balaban J connectivity index is 1.59. The summed E-state index contributed by atoms with van der Waals surface area (Å²) in [5.74, 6) is -0.211. The molecule has 0 radical (unpaired) electrons. The Labute approximate surface area is 177 Å². The number of halogens is 1. The SMILES string of the molecule is O=C(Oc1cc(-c2ccccc2)c2oc(=O)sc2c1)c1sc2ccccc2c1Cl. The van der Waals surface area contributed by atoms with Crippen molar-refractivity contribution in [2.45, 2.75) is 0 Å². The monoisotopic (exact) mass is 438 g/mol. The number of esters is 1. The molecule has 2 aromatic heterocycles. The fourth-order valence-electron chi connectivity index (χ4n) is 3.14. The highest BCUT2D eigenvalue weighted by Gasteiger charge is 2.20. The molecular weight excluding hydrogens is 428 g/mol. The Morgan fingerprint density at radius 3 is 2.48 bits per heavy atom. The summed E-state index contributed by atoms with van der Waals surface area (Å²) in [5.41, 5.74) is 2.02. The third-order valence-corrected chi connectivity index (χ3v) is 6.85. The summed E-state index contributed by atoms with van der Waals surface area (Å²) in [4.78, 5) is 24.5. The van der Waals surface area contributed by atoms with Gasteiger partial charge in [-0.25, -0.2) is 9.59 Å². The van der Waals surface area contributed by atoms with Gasteiger partial charge in [-0.05, 0) is 17.7 Å².